The average Bonchev–Trinajstić information content (AvgIpc) is 3.00. The standard InChI is InChI=1S/C19H22.Zr.2H/c1-2-6-17-11-14(10-16(17)5-1)9-15-12-18-7-3-4-8-19(18)13-15;;;/h1-8,10,12,14-19H,9,11,13H2;;;/q-2;+4;2*-1. The van der Waals surface area contributed by atoms with Crippen molar-refractivity contribution in [1.82, 2.24) is 0 Å². The van der Waals surface area contributed by atoms with Gasteiger partial charge in [0.05, 0.1) is 0 Å². The molecule has 104 valence electrons. The molecular formula is C19H24Zr. The van der Waals surface area contributed by atoms with Crippen LogP contribution in [-0.4, -0.2) is 0 Å². The van der Waals surface area contributed by atoms with Gasteiger partial charge in [0, 0.05) is 0 Å². The van der Waals surface area contributed by atoms with Gasteiger partial charge in [-0.15, -0.1) is 30.4 Å². The van der Waals surface area contributed by atoms with E-state index in [0.29, 0.717) is 0 Å². The summed E-state index contributed by atoms with van der Waals surface area (Å²) in [6.45, 7) is 0. The first-order valence-electron chi connectivity index (χ1n) is 7.78. The van der Waals surface area contributed by atoms with E-state index in [2.05, 4.69) is 61.4 Å². The summed E-state index contributed by atoms with van der Waals surface area (Å²) in [7, 11) is 0. The van der Waals surface area contributed by atoms with Crippen molar-refractivity contribution in [2.75, 3.05) is 0 Å². The summed E-state index contributed by atoms with van der Waals surface area (Å²) in [6, 6.07) is 0. The van der Waals surface area contributed by atoms with E-state index < -0.39 is 0 Å². The Hall–Kier alpha value is -0.157. The molecule has 4 rings (SSSR count). The van der Waals surface area contributed by atoms with Crippen molar-refractivity contribution >= 4 is 0 Å². The van der Waals surface area contributed by atoms with E-state index in [9.17, 15) is 0 Å². The molecule has 6 atom stereocenters. The molecule has 4 aliphatic rings. The Bertz CT molecular complexity index is 384. The maximum absolute atomic E-state index is 2.62. The Labute approximate surface area is 145 Å². The minimum absolute atomic E-state index is 0. The third-order valence-electron chi connectivity index (χ3n) is 5.34. The van der Waals surface area contributed by atoms with E-state index in [0.717, 1.165) is 35.5 Å². The summed E-state index contributed by atoms with van der Waals surface area (Å²) in [6.07, 6.45) is 27.8. The largest absolute Gasteiger partial charge is 4.00 e. The fraction of sp³-hybridized carbons (Fsp3) is 0.474. The normalized spacial score (nSPS) is 44.2. The molecule has 0 aromatic heterocycles. The molecule has 1 heteroatoms. The number of hydrogen-bond acceptors (Lipinski definition) is 0. The second-order valence-corrected chi connectivity index (χ2v) is 6.63. The predicted octanol–water partition coefficient (Wildman–Crippen LogP) is 4.76. The quantitative estimate of drug-likeness (QED) is 0.634. The van der Waals surface area contributed by atoms with Crippen molar-refractivity contribution in [3.63, 3.8) is 0 Å². The van der Waals surface area contributed by atoms with Crippen LogP contribution in [0, 0.1) is 48.3 Å². The summed E-state index contributed by atoms with van der Waals surface area (Å²) in [5.41, 5.74) is 0. The van der Waals surface area contributed by atoms with Gasteiger partial charge in [0.1, 0.15) is 0 Å². The van der Waals surface area contributed by atoms with Crippen LogP contribution in [0.25, 0.3) is 0 Å². The first kappa shape index (κ1) is 14.8. The Morgan fingerprint density at radius 1 is 0.750 bits per heavy atom. The summed E-state index contributed by atoms with van der Waals surface area (Å²) < 4.78 is 0. The Kier molecular flexibility index (Phi) is 4.66. The van der Waals surface area contributed by atoms with E-state index in [1.54, 1.807) is 0 Å². The SMILES string of the molecule is C1=CC2[CH-]C(CC3[CH-]C4C=CC=CC4C3)CC2C=C1.[H-].[H-].[Zr+4]. The van der Waals surface area contributed by atoms with Gasteiger partial charge in [-0.05, 0) is 11.8 Å². The fourth-order valence-corrected chi connectivity index (χ4v) is 4.45. The van der Waals surface area contributed by atoms with Crippen molar-refractivity contribution in [3.8, 4) is 0 Å². The molecule has 0 heterocycles. The minimum atomic E-state index is 0. The molecule has 0 nitrogen and oxygen atoms in total. The smallest absolute Gasteiger partial charge is 1.00 e. The topological polar surface area (TPSA) is 0 Å². The van der Waals surface area contributed by atoms with Gasteiger partial charge in [-0.3, -0.25) is 0 Å². The number of fused-ring (bicyclic) bond motifs is 2. The molecule has 2 saturated carbocycles. The van der Waals surface area contributed by atoms with Crippen LogP contribution in [0.4, 0.5) is 0 Å². The molecule has 0 saturated heterocycles. The van der Waals surface area contributed by atoms with Crippen LogP contribution in [0.5, 0.6) is 0 Å². The van der Waals surface area contributed by atoms with Crippen LogP contribution >= 0.6 is 0 Å². The second kappa shape index (κ2) is 6.31. The summed E-state index contributed by atoms with van der Waals surface area (Å²) in [4.78, 5) is 0. The van der Waals surface area contributed by atoms with Gasteiger partial charge in [-0.25, -0.2) is 0 Å². The molecule has 0 radical (unpaired) electrons. The summed E-state index contributed by atoms with van der Waals surface area (Å²) in [5, 5.41) is 0. The molecule has 0 aliphatic heterocycles. The van der Waals surface area contributed by atoms with Crippen LogP contribution in [0.2, 0.25) is 0 Å². The van der Waals surface area contributed by atoms with Crippen LogP contribution in [0.1, 0.15) is 22.1 Å². The van der Waals surface area contributed by atoms with Crippen LogP contribution in [-0.2, 0) is 26.2 Å². The van der Waals surface area contributed by atoms with E-state index in [4.69, 9.17) is 0 Å². The third kappa shape index (κ3) is 2.89. The van der Waals surface area contributed by atoms with Gasteiger partial charge < -0.3 is 15.7 Å². The molecule has 0 spiro atoms. The molecule has 0 N–H and O–H groups in total. The zero-order valence-corrected chi connectivity index (χ0v) is 14.3. The van der Waals surface area contributed by atoms with E-state index >= 15 is 0 Å². The fourth-order valence-electron chi connectivity index (χ4n) is 4.45. The Morgan fingerprint density at radius 2 is 1.20 bits per heavy atom. The molecule has 4 aliphatic carbocycles. The Morgan fingerprint density at radius 3 is 1.65 bits per heavy atom. The van der Waals surface area contributed by atoms with E-state index in [1.807, 2.05) is 0 Å². The Balaban J connectivity index is 0.000000807. The van der Waals surface area contributed by atoms with Crippen molar-refractivity contribution in [2.24, 2.45) is 35.5 Å². The number of allylic oxidation sites excluding steroid dienone is 8. The molecule has 0 aromatic carbocycles. The maximum atomic E-state index is 2.62. The van der Waals surface area contributed by atoms with Crippen LogP contribution < -0.4 is 0 Å². The molecular weight excluding hydrogens is 319 g/mol. The van der Waals surface area contributed by atoms with Gasteiger partial charge in [0.25, 0.3) is 0 Å². The monoisotopic (exact) mass is 342 g/mol. The molecule has 20 heavy (non-hydrogen) atoms. The zero-order chi connectivity index (χ0) is 12.7. The van der Waals surface area contributed by atoms with Gasteiger partial charge in [0.2, 0.25) is 0 Å². The molecule has 6 unspecified atom stereocenters. The van der Waals surface area contributed by atoms with E-state index in [1.165, 1.54) is 19.3 Å². The molecule has 0 amide bonds. The summed E-state index contributed by atoms with van der Waals surface area (Å²) in [5.74, 6) is 4.68. The maximum Gasteiger partial charge on any atom is 4.00 e. The molecule has 0 bridgehead atoms. The molecule has 2 fully saturated rings. The van der Waals surface area contributed by atoms with Crippen LogP contribution in [0.3, 0.4) is 0 Å². The number of hydrogen-bond donors (Lipinski definition) is 0. The van der Waals surface area contributed by atoms with Gasteiger partial charge in [-0.1, -0.05) is 49.3 Å². The van der Waals surface area contributed by atoms with Gasteiger partial charge >= 0.3 is 26.2 Å². The van der Waals surface area contributed by atoms with Gasteiger partial charge in [-0.2, -0.15) is 11.8 Å². The average molecular weight is 344 g/mol. The zero-order valence-electron chi connectivity index (χ0n) is 13.9. The van der Waals surface area contributed by atoms with Gasteiger partial charge in [0.15, 0.2) is 0 Å². The van der Waals surface area contributed by atoms with Crippen molar-refractivity contribution in [3.05, 3.63) is 61.4 Å². The third-order valence-corrected chi connectivity index (χ3v) is 5.34. The number of rotatable bonds is 2. The molecule has 0 aromatic rings. The first-order chi connectivity index (χ1) is 9.38. The van der Waals surface area contributed by atoms with E-state index in [-0.39, 0.29) is 29.1 Å². The minimum Gasteiger partial charge on any atom is -1.00 e. The van der Waals surface area contributed by atoms with Crippen molar-refractivity contribution in [1.29, 1.82) is 0 Å². The van der Waals surface area contributed by atoms with Crippen LogP contribution in [0.15, 0.2) is 48.6 Å². The summed E-state index contributed by atoms with van der Waals surface area (Å²) >= 11 is 0. The first-order valence-corrected chi connectivity index (χ1v) is 7.78. The predicted molar refractivity (Wildman–Crippen MR) is 82.2 cm³/mol. The second-order valence-electron chi connectivity index (χ2n) is 6.63. The van der Waals surface area contributed by atoms with Crippen molar-refractivity contribution in [2.45, 2.75) is 19.3 Å². The van der Waals surface area contributed by atoms with Crippen molar-refractivity contribution < 1.29 is 29.1 Å².